The van der Waals surface area contributed by atoms with Gasteiger partial charge < -0.3 is 4.90 Å². The molecule has 0 amide bonds. The average Bonchev–Trinajstić information content (AvgIpc) is 3.98. The fraction of sp³-hybridized carbons (Fsp3) is 0.127. The second-order valence-electron chi connectivity index (χ2n) is 16.1. The molecule has 3 aliphatic carbocycles. The Kier molecular flexibility index (Phi) is 7.88. The molecule has 0 radical (unpaired) electrons. The predicted octanol–water partition coefficient (Wildman–Crippen LogP) is 14.9. The normalized spacial score (nSPS) is 18.9. The molecule has 11 rings (SSSR count). The molecule has 1 spiro atoms. The van der Waals surface area contributed by atoms with Crippen LogP contribution < -0.4 is 4.90 Å². The SMILES string of the molecule is c1ccc(-c2ccc(N(c3ccc(-c4ccccc4)cc3)c3ccc(-c4ccc(-c5cccc6c5-c5ccccc5C65CC6CCC5C6)cc4)cc3)cc2)cc1. The van der Waals surface area contributed by atoms with Gasteiger partial charge in [-0.2, -0.15) is 0 Å². The van der Waals surface area contributed by atoms with Crippen LogP contribution in [0, 0.1) is 11.8 Å². The van der Waals surface area contributed by atoms with E-state index in [2.05, 4.69) is 205 Å². The molecule has 3 aliphatic rings. The third kappa shape index (κ3) is 5.37. The van der Waals surface area contributed by atoms with Crippen LogP contribution in [0.2, 0.25) is 0 Å². The van der Waals surface area contributed by atoms with Gasteiger partial charge >= 0.3 is 0 Å². The molecule has 3 unspecified atom stereocenters. The summed E-state index contributed by atoms with van der Waals surface area (Å²) in [4.78, 5) is 2.35. The van der Waals surface area contributed by atoms with Crippen molar-refractivity contribution in [3.8, 4) is 55.6 Å². The molecule has 2 bridgehead atoms. The minimum atomic E-state index is 0.203. The maximum absolute atomic E-state index is 2.45. The first-order valence-electron chi connectivity index (χ1n) is 20.3. The van der Waals surface area contributed by atoms with Crippen LogP contribution in [0.4, 0.5) is 17.1 Å². The van der Waals surface area contributed by atoms with E-state index in [1.165, 1.54) is 81.3 Å². The molecule has 0 aliphatic heterocycles. The molecule has 0 saturated heterocycles. The van der Waals surface area contributed by atoms with E-state index >= 15 is 0 Å². The van der Waals surface area contributed by atoms with Gasteiger partial charge in [0.2, 0.25) is 0 Å². The van der Waals surface area contributed by atoms with Crippen LogP contribution in [0.15, 0.2) is 200 Å². The van der Waals surface area contributed by atoms with Crippen molar-refractivity contribution < 1.29 is 0 Å². The highest BCUT2D eigenvalue weighted by Gasteiger charge is 2.56. The minimum Gasteiger partial charge on any atom is -0.311 e. The van der Waals surface area contributed by atoms with Crippen molar-refractivity contribution >= 4 is 17.1 Å². The topological polar surface area (TPSA) is 3.24 Å². The summed E-state index contributed by atoms with van der Waals surface area (Å²) >= 11 is 0. The zero-order valence-corrected chi connectivity index (χ0v) is 31.5. The quantitative estimate of drug-likeness (QED) is 0.159. The van der Waals surface area contributed by atoms with Gasteiger partial charge in [0.05, 0.1) is 0 Å². The lowest BCUT2D eigenvalue weighted by atomic mass is 9.66. The Morgan fingerprint density at radius 2 is 0.786 bits per heavy atom. The summed E-state index contributed by atoms with van der Waals surface area (Å²) in [7, 11) is 0. The van der Waals surface area contributed by atoms with Crippen molar-refractivity contribution in [2.24, 2.45) is 11.8 Å². The van der Waals surface area contributed by atoms with E-state index in [9.17, 15) is 0 Å². The maximum atomic E-state index is 2.45. The second kappa shape index (κ2) is 13.4. The Labute approximate surface area is 330 Å². The fourth-order valence-electron chi connectivity index (χ4n) is 10.6. The van der Waals surface area contributed by atoms with Crippen molar-refractivity contribution in [3.63, 3.8) is 0 Å². The van der Waals surface area contributed by atoms with Crippen LogP contribution in [0.3, 0.4) is 0 Å². The molecule has 2 fully saturated rings. The van der Waals surface area contributed by atoms with E-state index in [0.717, 1.165) is 28.9 Å². The van der Waals surface area contributed by atoms with Gasteiger partial charge in [-0.3, -0.25) is 0 Å². The Balaban J connectivity index is 0.918. The van der Waals surface area contributed by atoms with Gasteiger partial charge in [0.1, 0.15) is 0 Å². The number of nitrogens with zero attached hydrogens (tertiary/aromatic N) is 1. The molecule has 0 heterocycles. The molecule has 0 aromatic heterocycles. The highest BCUT2D eigenvalue weighted by atomic mass is 15.1. The molecule has 2 saturated carbocycles. The predicted molar refractivity (Wildman–Crippen MR) is 235 cm³/mol. The fourth-order valence-corrected chi connectivity index (χ4v) is 10.6. The molecular formula is C55H43N. The van der Waals surface area contributed by atoms with E-state index in [0.29, 0.717) is 0 Å². The van der Waals surface area contributed by atoms with Crippen LogP contribution in [-0.4, -0.2) is 0 Å². The molecule has 56 heavy (non-hydrogen) atoms. The molecule has 8 aromatic rings. The highest BCUT2D eigenvalue weighted by Crippen LogP contribution is 2.66. The third-order valence-electron chi connectivity index (χ3n) is 13.2. The minimum absolute atomic E-state index is 0.203. The molecule has 3 atom stereocenters. The summed E-state index contributed by atoms with van der Waals surface area (Å²) in [5, 5.41) is 0. The van der Waals surface area contributed by atoms with Crippen molar-refractivity contribution in [2.75, 3.05) is 4.90 Å². The van der Waals surface area contributed by atoms with Gasteiger partial charge in [0, 0.05) is 22.5 Å². The second-order valence-corrected chi connectivity index (χ2v) is 16.1. The Bertz CT molecular complexity index is 2580. The third-order valence-corrected chi connectivity index (χ3v) is 13.2. The first kappa shape index (κ1) is 32.9. The molecule has 1 nitrogen and oxygen atoms in total. The highest BCUT2D eigenvalue weighted by molar-refractivity contribution is 5.93. The van der Waals surface area contributed by atoms with E-state index < -0.39 is 0 Å². The number of hydrogen-bond acceptors (Lipinski definition) is 1. The van der Waals surface area contributed by atoms with E-state index in [4.69, 9.17) is 0 Å². The lowest BCUT2D eigenvalue weighted by Gasteiger charge is -2.36. The average molecular weight is 718 g/mol. The molecule has 0 N–H and O–H groups in total. The Hall–Kier alpha value is -6.44. The van der Waals surface area contributed by atoms with Crippen molar-refractivity contribution in [1.82, 2.24) is 0 Å². The summed E-state index contributed by atoms with van der Waals surface area (Å²) < 4.78 is 0. The Morgan fingerprint density at radius 1 is 0.357 bits per heavy atom. The van der Waals surface area contributed by atoms with Crippen LogP contribution in [0.5, 0.6) is 0 Å². The van der Waals surface area contributed by atoms with Gasteiger partial charge in [0.25, 0.3) is 0 Å². The standard InChI is InChI=1S/C55H43N/c1-3-10-39(11-4-1)42-23-30-47(31-24-42)56(48-32-25-43(26-33-48)40-12-5-2-6-13-40)49-34-27-44(28-35-49)41-19-21-45(22-20-41)50-15-9-17-53-54(50)51-14-7-8-16-52(51)55(53)37-38-18-29-46(55)36-38/h1-17,19-28,30-35,38,46H,18,29,36-37H2. The summed E-state index contributed by atoms with van der Waals surface area (Å²) in [5.74, 6) is 1.65. The van der Waals surface area contributed by atoms with E-state index in [1.807, 2.05) is 0 Å². The first-order chi connectivity index (χ1) is 27.7. The van der Waals surface area contributed by atoms with Crippen molar-refractivity contribution in [1.29, 1.82) is 0 Å². The lowest BCUT2D eigenvalue weighted by Crippen LogP contribution is -2.31. The zero-order chi connectivity index (χ0) is 37.1. The summed E-state index contributed by atoms with van der Waals surface area (Å²) in [6.07, 6.45) is 5.49. The first-order valence-corrected chi connectivity index (χ1v) is 20.3. The van der Waals surface area contributed by atoms with Gasteiger partial charge in [-0.25, -0.2) is 0 Å². The zero-order valence-electron chi connectivity index (χ0n) is 31.5. The van der Waals surface area contributed by atoms with Crippen LogP contribution in [-0.2, 0) is 5.41 Å². The largest absolute Gasteiger partial charge is 0.311 e. The van der Waals surface area contributed by atoms with E-state index in [-0.39, 0.29) is 5.41 Å². The molecular weight excluding hydrogens is 675 g/mol. The number of rotatable bonds is 7. The summed E-state index contributed by atoms with van der Waals surface area (Å²) in [5.41, 5.74) is 19.6. The van der Waals surface area contributed by atoms with Gasteiger partial charge in [0.15, 0.2) is 0 Å². The van der Waals surface area contributed by atoms with Gasteiger partial charge in [-0.15, -0.1) is 0 Å². The number of anilines is 3. The lowest BCUT2D eigenvalue weighted by molar-refractivity contribution is 0.327. The van der Waals surface area contributed by atoms with Gasteiger partial charge in [-0.05, 0) is 134 Å². The maximum Gasteiger partial charge on any atom is 0.0462 e. The van der Waals surface area contributed by atoms with Crippen LogP contribution in [0.1, 0.15) is 36.8 Å². The Morgan fingerprint density at radius 3 is 1.29 bits per heavy atom. The molecule has 1 heteroatoms. The molecule has 268 valence electrons. The van der Waals surface area contributed by atoms with Crippen molar-refractivity contribution in [2.45, 2.75) is 31.1 Å². The summed E-state index contributed by atoms with van der Waals surface area (Å²) in [6.45, 7) is 0. The van der Waals surface area contributed by atoms with Crippen LogP contribution >= 0.6 is 0 Å². The summed E-state index contributed by atoms with van der Waals surface area (Å²) in [6, 6.07) is 73.8. The number of fused-ring (bicyclic) bond motifs is 8. The van der Waals surface area contributed by atoms with Crippen LogP contribution in [0.25, 0.3) is 55.6 Å². The monoisotopic (exact) mass is 717 g/mol. The number of benzene rings is 8. The molecule has 8 aromatic carbocycles. The smallest absolute Gasteiger partial charge is 0.0462 e. The van der Waals surface area contributed by atoms with Gasteiger partial charge in [-0.1, -0.05) is 170 Å². The van der Waals surface area contributed by atoms with E-state index in [1.54, 1.807) is 11.1 Å². The van der Waals surface area contributed by atoms with Crippen molar-refractivity contribution in [3.05, 3.63) is 211 Å². The number of hydrogen-bond donors (Lipinski definition) is 0.